The second kappa shape index (κ2) is 10.4. The summed E-state index contributed by atoms with van der Waals surface area (Å²) < 4.78 is 7.27. The highest BCUT2D eigenvalue weighted by atomic mass is 16.5. The Kier molecular flexibility index (Phi) is 6.92. The summed E-state index contributed by atoms with van der Waals surface area (Å²) in [5.74, 6) is 0.718. The molecule has 0 bridgehead atoms. The molecule has 5 rings (SSSR count). The van der Waals surface area contributed by atoms with Crippen molar-refractivity contribution in [2.75, 3.05) is 13.1 Å². The van der Waals surface area contributed by atoms with E-state index < -0.39 is 0 Å². The minimum absolute atomic E-state index is 0.00577. The van der Waals surface area contributed by atoms with Gasteiger partial charge in [0.15, 0.2) is 5.82 Å². The fourth-order valence-electron chi connectivity index (χ4n) is 5.38. The lowest BCUT2D eigenvalue weighted by atomic mass is 10.00. The van der Waals surface area contributed by atoms with Gasteiger partial charge in [-0.2, -0.15) is 10.1 Å². The Morgan fingerprint density at radius 2 is 1.94 bits per heavy atom. The van der Waals surface area contributed by atoms with Gasteiger partial charge < -0.3 is 14.7 Å². The minimum Gasteiger partial charge on any atom is -0.356 e. The van der Waals surface area contributed by atoms with Crippen molar-refractivity contribution in [2.45, 2.75) is 56.9 Å². The molecular weight excluding hydrogens is 444 g/mol. The lowest BCUT2D eigenvalue weighted by Gasteiger charge is -2.32. The number of amides is 2. The zero-order chi connectivity index (χ0) is 24.2. The Hall–Kier alpha value is -3.49. The van der Waals surface area contributed by atoms with Crippen LogP contribution in [0.3, 0.4) is 0 Å². The van der Waals surface area contributed by atoms with Crippen LogP contribution in [0.2, 0.25) is 0 Å². The predicted octanol–water partition coefficient (Wildman–Crippen LogP) is 3.09. The number of fused-ring (bicyclic) bond motifs is 1. The van der Waals surface area contributed by atoms with Gasteiger partial charge in [-0.1, -0.05) is 48.3 Å². The molecule has 2 aliphatic rings. The summed E-state index contributed by atoms with van der Waals surface area (Å²) >= 11 is 0. The second-order valence-electron chi connectivity index (χ2n) is 9.60. The van der Waals surface area contributed by atoms with Crippen molar-refractivity contribution in [1.29, 1.82) is 0 Å². The van der Waals surface area contributed by atoms with E-state index in [9.17, 15) is 9.59 Å². The first-order valence-electron chi connectivity index (χ1n) is 12.5. The third kappa shape index (κ3) is 5.13. The molecule has 9 heteroatoms. The van der Waals surface area contributed by atoms with Gasteiger partial charge in [-0.3, -0.25) is 14.3 Å². The molecule has 3 aromatic rings. The summed E-state index contributed by atoms with van der Waals surface area (Å²) in [6, 6.07) is 11.5. The standard InChI is InChI=1S/C26H32N6O3/c1-31-21(11-13-28-31)26(34)32-14-8-3-2-7-12-27-24(33)20-16-19(17-22(20)32)25-29-23(30-35-25)15-18-9-5-4-6-10-18/h4-6,9-11,13,19-20,22H,2-3,7-8,12,14-17H2,1H3,(H,27,33). The number of carbonyl (C=O) groups is 2. The molecule has 2 aromatic heterocycles. The van der Waals surface area contributed by atoms with Crippen molar-refractivity contribution in [3.63, 3.8) is 0 Å². The molecule has 3 heterocycles. The molecular formula is C26H32N6O3. The molecule has 2 fully saturated rings. The van der Waals surface area contributed by atoms with E-state index in [-0.39, 0.29) is 29.7 Å². The molecule has 2 amide bonds. The van der Waals surface area contributed by atoms with Crippen LogP contribution in [0.15, 0.2) is 47.1 Å². The van der Waals surface area contributed by atoms with E-state index in [1.807, 2.05) is 35.2 Å². The van der Waals surface area contributed by atoms with Gasteiger partial charge in [0.25, 0.3) is 5.91 Å². The van der Waals surface area contributed by atoms with Crippen molar-refractivity contribution < 1.29 is 14.1 Å². The van der Waals surface area contributed by atoms with Crippen molar-refractivity contribution in [1.82, 2.24) is 30.1 Å². The largest absolute Gasteiger partial charge is 0.356 e. The fraction of sp³-hybridized carbons (Fsp3) is 0.500. The number of hydrogen-bond donors (Lipinski definition) is 1. The summed E-state index contributed by atoms with van der Waals surface area (Å²) in [4.78, 5) is 33.4. The Bertz CT molecular complexity index is 1160. The highest BCUT2D eigenvalue weighted by Crippen LogP contribution is 2.41. The lowest BCUT2D eigenvalue weighted by molar-refractivity contribution is -0.126. The molecule has 35 heavy (non-hydrogen) atoms. The normalized spacial score (nSPS) is 23.4. The van der Waals surface area contributed by atoms with E-state index in [4.69, 9.17) is 4.52 Å². The Morgan fingerprint density at radius 1 is 1.11 bits per heavy atom. The molecule has 3 atom stereocenters. The summed E-state index contributed by atoms with van der Waals surface area (Å²) in [7, 11) is 1.77. The van der Waals surface area contributed by atoms with Gasteiger partial charge in [-0.05, 0) is 37.3 Å². The first-order chi connectivity index (χ1) is 17.1. The summed E-state index contributed by atoms with van der Waals surface area (Å²) in [6.07, 6.45) is 7.36. The topological polar surface area (TPSA) is 106 Å². The number of hydrogen-bond acceptors (Lipinski definition) is 6. The van der Waals surface area contributed by atoms with E-state index >= 15 is 0 Å². The first-order valence-corrected chi connectivity index (χ1v) is 12.5. The summed E-state index contributed by atoms with van der Waals surface area (Å²) in [6.45, 7) is 1.29. The van der Waals surface area contributed by atoms with E-state index in [1.165, 1.54) is 0 Å². The van der Waals surface area contributed by atoms with Crippen LogP contribution in [0.25, 0.3) is 0 Å². The summed E-state index contributed by atoms with van der Waals surface area (Å²) in [5, 5.41) is 11.5. The zero-order valence-electron chi connectivity index (χ0n) is 20.1. The van der Waals surface area contributed by atoms with Gasteiger partial charge in [0.1, 0.15) is 5.69 Å². The molecule has 1 saturated carbocycles. The maximum atomic E-state index is 13.6. The SMILES string of the molecule is Cn1nccc1C(=O)N1CCCCCCNC(=O)C2CC(c3nc(Cc4ccccc4)no3)CC21. The van der Waals surface area contributed by atoms with Gasteiger partial charge in [-0.15, -0.1) is 0 Å². The molecule has 184 valence electrons. The van der Waals surface area contributed by atoms with Gasteiger partial charge in [-0.25, -0.2) is 0 Å². The molecule has 0 radical (unpaired) electrons. The van der Waals surface area contributed by atoms with Gasteiger partial charge in [0.2, 0.25) is 11.8 Å². The van der Waals surface area contributed by atoms with E-state index in [1.54, 1.807) is 24.0 Å². The average molecular weight is 477 g/mol. The Balaban J connectivity index is 1.40. The van der Waals surface area contributed by atoms with Gasteiger partial charge in [0, 0.05) is 44.7 Å². The number of benzene rings is 1. The molecule has 1 aromatic carbocycles. The summed E-state index contributed by atoms with van der Waals surface area (Å²) in [5.41, 5.74) is 1.65. The smallest absolute Gasteiger partial charge is 0.272 e. The first kappa shape index (κ1) is 23.3. The van der Waals surface area contributed by atoms with E-state index in [2.05, 4.69) is 20.6 Å². The third-order valence-electron chi connectivity index (χ3n) is 7.23. The van der Waals surface area contributed by atoms with Crippen molar-refractivity contribution in [2.24, 2.45) is 13.0 Å². The van der Waals surface area contributed by atoms with Crippen LogP contribution < -0.4 is 5.32 Å². The third-order valence-corrected chi connectivity index (χ3v) is 7.23. The highest BCUT2D eigenvalue weighted by Gasteiger charge is 2.46. The fourth-order valence-corrected chi connectivity index (χ4v) is 5.38. The van der Waals surface area contributed by atoms with Crippen LogP contribution in [0.1, 0.15) is 72.2 Å². The zero-order valence-corrected chi connectivity index (χ0v) is 20.1. The van der Waals surface area contributed by atoms with Gasteiger partial charge >= 0.3 is 0 Å². The molecule has 1 saturated heterocycles. The van der Waals surface area contributed by atoms with Gasteiger partial charge in [0.05, 0.1) is 5.92 Å². The number of aryl methyl sites for hydroxylation is 1. The van der Waals surface area contributed by atoms with E-state index in [0.29, 0.717) is 49.8 Å². The van der Waals surface area contributed by atoms with Crippen LogP contribution in [-0.2, 0) is 18.3 Å². The Labute approximate surface area is 204 Å². The van der Waals surface area contributed by atoms with Crippen molar-refractivity contribution in [3.05, 3.63) is 65.6 Å². The van der Waals surface area contributed by atoms with Crippen LogP contribution in [0, 0.1) is 5.92 Å². The average Bonchev–Trinajstić information content (AvgIpc) is 3.60. The Morgan fingerprint density at radius 3 is 2.74 bits per heavy atom. The van der Waals surface area contributed by atoms with Crippen LogP contribution in [0.4, 0.5) is 0 Å². The molecule has 3 unspecified atom stereocenters. The number of rotatable bonds is 4. The molecule has 0 spiro atoms. The molecule has 1 N–H and O–H groups in total. The van der Waals surface area contributed by atoms with E-state index in [0.717, 1.165) is 31.2 Å². The molecule has 9 nitrogen and oxygen atoms in total. The molecule has 1 aliphatic carbocycles. The van der Waals surface area contributed by atoms with Crippen LogP contribution in [-0.4, -0.2) is 55.8 Å². The number of nitrogens with one attached hydrogen (secondary N) is 1. The lowest BCUT2D eigenvalue weighted by Crippen LogP contribution is -2.47. The number of carbonyl (C=O) groups excluding carboxylic acids is 2. The maximum Gasteiger partial charge on any atom is 0.272 e. The van der Waals surface area contributed by atoms with Crippen LogP contribution in [0.5, 0.6) is 0 Å². The number of nitrogens with zero attached hydrogens (tertiary/aromatic N) is 5. The predicted molar refractivity (Wildman–Crippen MR) is 129 cm³/mol. The van der Waals surface area contributed by atoms with Crippen molar-refractivity contribution in [3.8, 4) is 0 Å². The number of aromatic nitrogens is 4. The van der Waals surface area contributed by atoms with Crippen LogP contribution >= 0.6 is 0 Å². The molecule has 1 aliphatic heterocycles. The quantitative estimate of drug-likeness (QED) is 0.620. The minimum atomic E-state index is -0.320. The second-order valence-corrected chi connectivity index (χ2v) is 9.60. The maximum absolute atomic E-state index is 13.6. The van der Waals surface area contributed by atoms with Crippen molar-refractivity contribution >= 4 is 11.8 Å². The highest BCUT2D eigenvalue weighted by molar-refractivity contribution is 5.93. The monoisotopic (exact) mass is 476 g/mol.